The number of rotatable bonds is 6. The van der Waals surface area contributed by atoms with Crippen LogP contribution in [-0.2, 0) is 0 Å². The van der Waals surface area contributed by atoms with E-state index in [1.54, 1.807) is 18.3 Å². The van der Waals surface area contributed by atoms with Crippen molar-refractivity contribution in [1.82, 2.24) is 4.98 Å². The van der Waals surface area contributed by atoms with Gasteiger partial charge in [0.2, 0.25) is 11.6 Å². The molecule has 1 aromatic heterocycles. The number of nitriles is 1. The molecule has 0 spiro atoms. The van der Waals surface area contributed by atoms with Crippen molar-refractivity contribution in [3.63, 3.8) is 0 Å². The fourth-order valence-corrected chi connectivity index (χ4v) is 2.25. The van der Waals surface area contributed by atoms with Crippen molar-refractivity contribution in [2.24, 2.45) is 5.10 Å². The molecule has 0 bridgehead atoms. The molecular weight excluding hydrogens is 300 g/mol. The van der Waals surface area contributed by atoms with Crippen molar-refractivity contribution in [3.05, 3.63) is 46.4 Å². The molecule has 0 unspecified atom stereocenters. The van der Waals surface area contributed by atoms with E-state index in [9.17, 15) is 0 Å². The molecule has 22 heavy (non-hydrogen) atoms. The predicted octanol–water partition coefficient (Wildman–Crippen LogP) is 4.55. The molecule has 0 atom stereocenters. The van der Waals surface area contributed by atoms with Gasteiger partial charge in [-0.15, -0.1) is 0 Å². The SMILES string of the molecule is CCC(CC)c1nc(C#N)c(NN=Cc2cccc(Cl)c2)o1. The predicted molar refractivity (Wildman–Crippen MR) is 87.2 cm³/mol. The maximum absolute atomic E-state index is 9.13. The van der Waals surface area contributed by atoms with Crippen LogP contribution in [0.1, 0.15) is 49.8 Å². The summed E-state index contributed by atoms with van der Waals surface area (Å²) in [4.78, 5) is 4.23. The standard InChI is InChI=1S/C16H17ClN4O/c1-3-12(4-2)15-20-14(9-18)16(22-15)21-19-10-11-6-5-7-13(17)8-11/h5-8,10,12,21H,3-4H2,1-2H3. The topological polar surface area (TPSA) is 74.2 Å². The molecule has 0 saturated heterocycles. The first-order valence-electron chi connectivity index (χ1n) is 7.13. The number of hydrogen-bond donors (Lipinski definition) is 1. The van der Waals surface area contributed by atoms with Gasteiger partial charge in [-0.1, -0.05) is 37.6 Å². The number of nitrogens with zero attached hydrogens (tertiary/aromatic N) is 3. The maximum Gasteiger partial charge on any atom is 0.252 e. The van der Waals surface area contributed by atoms with Gasteiger partial charge in [0.1, 0.15) is 6.07 Å². The summed E-state index contributed by atoms with van der Waals surface area (Å²) in [6, 6.07) is 9.30. The first-order chi connectivity index (χ1) is 10.7. The Balaban J connectivity index is 2.14. The summed E-state index contributed by atoms with van der Waals surface area (Å²) in [6.45, 7) is 4.13. The Labute approximate surface area is 134 Å². The van der Waals surface area contributed by atoms with E-state index in [2.05, 4.69) is 29.4 Å². The summed E-state index contributed by atoms with van der Waals surface area (Å²) in [5.74, 6) is 1.05. The quantitative estimate of drug-likeness (QED) is 0.626. The highest BCUT2D eigenvalue weighted by Crippen LogP contribution is 2.27. The Hall–Kier alpha value is -2.32. The number of hydrogen-bond acceptors (Lipinski definition) is 5. The fourth-order valence-electron chi connectivity index (χ4n) is 2.05. The van der Waals surface area contributed by atoms with E-state index < -0.39 is 0 Å². The molecule has 2 rings (SSSR count). The number of aromatic nitrogens is 1. The summed E-state index contributed by atoms with van der Waals surface area (Å²) in [5, 5.41) is 13.8. The van der Waals surface area contributed by atoms with Crippen LogP contribution in [-0.4, -0.2) is 11.2 Å². The monoisotopic (exact) mass is 316 g/mol. The first kappa shape index (κ1) is 16.1. The van der Waals surface area contributed by atoms with Gasteiger partial charge in [-0.05, 0) is 30.5 Å². The highest BCUT2D eigenvalue weighted by molar-refractivity contribution is 6.30. The average molecular weight is 317 g/mol. The van der Waals surface area contributed by atoms with Crippen LogP contribution in [0.5, 0.6) is 0 Å². The molecule has 0 radical (unpaired) electrons. The minimum absolute atomic E-state index is 0.208. The van der Waals surface area contributed by atoms with Gasteiger partial charge >= 0.3 is 0 Å². The number of anilines is 1. The summed E-state index contributed by atoms with van der Waals surface area (Å²) >= 11 is 5.90. The summed E-state index contributed by atoms with van der Waals surface area (Å²) in [7, 11) is 0. The largest absolute Gasteiger partial charge is 0.422 e. The molecule has 1 N–H and O–H groups in total. The molecule has 1 aromatic carbocycles. The van der Waals surface area contributed by atoms with Crippen molar-refractivity contribution in [2.45, 2.75) is 32.6 Å². The van der Waals surface area contributed by atoms with Gasteiger partial charge in [0, 0.05) is 10.9 Å². The van der Waals surface area contributed by atoms with Crippen LogP contribution in [0, 0.1) is 11.3 Å². The molecule has 114 valence electrons. The van der Waals surface area contributed by atoms with E-state index in [0.717, 1.165) is 18.4 Å². The third-order valence-corrected chi connectivity index (χ3v) is 3.55. The Kier molecular flexibility index (Phi) is 5.56. The van der Waals surface area contributed by atoms with Crippen molar-refractivity contribution >= 4 is 23.7 Å². The van der Waals surface area contributed by atoms with Crippen LogP contribution < -0.4 is 5.43 Å². The van der Waals surface area contributed by atoms with Crippen molar-refractivity contribution in [3.8, 4) is 6.07 Å². The van der Waals surface area contributed by atoms with E-state index in [1.807, 2.05) is 18.2 Å². The third kappa shape index (κ3) is 3.86. The van der Waals surface area contributed by atoms with Crippen LogP contribution in [0.25, 0.3) is 0 Å². The molecule has 1 heterocycles. The molecule has 0 aliphatic rings. The minimum Gasteiger partial charge on any atom is -0.422 e. The molecule has 0 saturated carbocycles. The first-order valence-corrected chi connectivity index (χ1v) is 7.51. The Bertz CT molecular complexity index is 698. The lowest BCUT2D eigenvalue weighted by atomic mass is 10.0. The van der Waals surface area contributed by atoms with Gasteiger partial charge in [0.25, 0.3) is 5.88 Å². The smallest absolute Gasteiger partial charge is 0.252 e. The number of oxazole rings is 1. The molecule has 5 nitrogen and oxygen atoms in total. The van der Waals surface area contributed by atoms with E-state index in [-0.39, 0.29) is 17.5 Å². The van der Waals surface area contributed by atoms with Gasteiger partial charge in [0.05, 0.1) is 6.21 Å². The Morgan fingerprint density at radius 2 is 2.23 bits per heavy atom. The molecule has 2 aromatic rings. The molecule has 0 amide bonds. The summed E-state index contributed by atoms with van der Waals surface area (Å²) in [6.07, 6.45) is 3.42. The zero-order valence-electron chi connectivity index (χ0n) is 12.5. The Morgan fingerprint density at radius 3 is 2.86 bits per heavy atom. The van der Waals surface area contributed by atoms with Gasteiger partial charge in [-0.25, -0.2) is 10.4 Å². The van der Waals surface area contributed by atoms with Gasteiger partial charge < -0.3 is 4.42 Å². The lowest BCUT2D eigenvalue weighted by Gasteiger charge is -2.05. The highest BCUT2D eigenvalue weighted by Gasteiger charge is 2.18. The van der Waals surface area contributed by atoms with Crippen LogP contribution in [0.2, 0.25) is 5.02 Å². The molecule has 6 heteroatoms. The highest BCUT2D eigenvalue weighted by atomic mass is 35.5. The van der Waals surface area contributed by atoms with E-state index >= 15 is 0 Å². The maximum atomic E-state index is 9.13. The average Bonchev–Trinajstić information content (AvgIpc) is 2.92. The lowest BCUT2D eigenvalue weighted by molar-refractivity contribution is 0.439. The van der Waals surface area contributed by atoms with Crippen LogP contribution in [0.3, 0.4) is 0 Å². The van der Waals surface area contributed by atoms with Crippen LogP contribution >= 0.6 is 11.6 Å². The normalized spacial score (nSPS) is 11.0. The zero-order valence-corrected chi connectivity index (χ0v) is 13.3. The van der Waals surface area contributed by atoms with Gasteiger partial charge in [-0.2, -0.15) is 10.4 Å². The molecule has 0 aliphatic heterocycles. The summed E-state index contributed by atoms with van der Waals surface area (Å²) < 4.78 is 5.63. The second kappa shape index (κ2) is 7.62. The number of hydrazone groups is 1. The van der Waals surface area contributed by atoms with E-state index in [1.165, 1.54) is 0 Å². The lowest BCUT2D eigenvalue weighted by Crippen LogP contribution is -1.95. The molecule has 0 aliphatic carbocycles. The number of halogens is 1. The minimum atomic E-state index is 0.208. The molecular formula is C16H17ClN4O. The van der Waals surface area contributed by atoms with E-state index in [0.29, 0.717) is 10.9 Å². The molecule has 0 fully saturated rings. The number of benzene rings is 1. The van der Waals surface area contributed by atoms with Gasteiger partial charge in [0.15, 0.2) is 0 Å². The fraction of sp³-hybridized carbons (Fsp3) is 0.312. The van der Waals surface area contributed by atoms with Crippen LogP contribution in [0.4, 0.5) is 5.88 Å². The Morgan fingerprint density at radius 1 is 1.45 bits per heavy atom. The second-order valence-electron chi connectivity index (χ2n) is 4.78. The second-order valence-corrected chi connectivity index (χ2v) is 5.22. The van der Waals surface area contributed by atoms with Crippen molar-refractivity contribution in [2.75, 3.05) is 5.43 Å². The number of nitrogens with one attached hydrogen (secondary N) is 1. The summed E-state index contributed by atoms with van der Waals surface area (Å²) in [5.41, 5.74) is 3.79. The zero-order chi connectivity index (χ0) is 15.9. The van der Waals surface area contributed by atoms with Gasteiger partial charge in [-0.3, -0.25) is 0 Å². The third-order valence-electron chi connectivity index (χ3n) is 3.31. The van der Waals surface area contributed by atoms with Crippen molar-refractivity contribution < 1.29 is 4.42 Å². The van der Waals surface area contributed by atoms with E-state index in [4.69, 9.17) is 21.3 Å². The van der Waals surface area contributed by atoms with Crippen molar-refractivity contribution in [1.29, 1.82) is 5.26 Å². The van der Waals surface area contributed by atoms with Crippen LogP contribution in [0.15, 0.2) is 33.8 Å².